The predicted molar refractivity (Wildman–Crippen MR) is 81.8 cm³/mol. The lowest BCUT2D eigenvalue weighted by Gasteiger charge is -2.12. The number of methoxy groups -OCH3 is 1. The minimum absolute atomic E-state index is 0.238. The van der Waals surface area contributed by atoms with Gasteiger partial charge in [0.1, 0.15) is 5.82 Å². The lowest BCUT2D eigenvalue weighted by atomic mass is 10.2. The molecule has 0 radical (unpaired) electrons. The summed E-state index contributed by atoms with van der Waals surface area (Å²) in [6.07, 6.45) is 0. The van der Waals surface area contributed by atoms with Crippen molar-refractivity contribution < 1.29 is 13.9 Å². The number of hydrogen-bond donors (Lipinski definition) is 2. The fraction of sp³-hybridized carbons (Fsp3) is 0.267. The van der Waals surface area contributed by atoms with Gasteiger partial charge in [-0.05, 0) is 38.5 Å². The van der Waals surface area contributed by atoms with E-state index in [0.717, 1.165) is 0 Å². The van der Waals surface area contributed by atoms with Crippen molar-refractivity contribution in [1.29, 1.82) is 0 Å². The Morgan fingerprint density at radius 1 is 1.14 bits per heavy atom. The van der Waals surface area contributed by atoms with E-state index in [9.17, 15) is 9.18 Å². The molecule has 7 heteroatoms. The second kappa shape index (κ2) is 6.38. The summed E-state index contributed by atoms with van der Waals surface area (Å²) >= 11 is 0. The van der Waals surface area contributed by atoms with Gasteiger partial charge in [0.25, 0.3) is 0 Å². The molecule has 1 heterocycles. The van der Waals surface area contributed by atoms with Crippen molar-refractivity contribution in [2.45, 2.75) is 20.8 Å². The second-order valence-corrected chi connectivity index (χ2v) is 4.80. The topological polar surface area (TPSA) is 76.1 Å². The molecule has 0 saturated heterocycles. The minimum atomic E-state index is -0.497. The summed E-state index contributed by atoms with van der Waals surface area (Å²) in [4.78, 5) is 20.2. The van der Waals surface area contributed by atoms with Gasteiger partial charge in [-0.3, -0.25) is 0 Å². The van der Waals surface area contributed by atoms with Gasteiger partial charge in [0.05, 0.1) is 24.2 Å². The maximum Gasteiger partial charge on any atom is 0.323 e. The van der Waals surface area contributed by atoms with Crippen molar-refractivity contribution in [2.75, 3.05) is 17.7 Å². The predicted octanol–water partition coefficient (Wildman–Crippen LogP) is 3.19. The molecule has 2 amide bonds. The fourth-order valence-electron chi connectivity index (χ4n) is 1.90. The van der Waals surface area contributed by atoms with E-state index in [-0.39, 0.29) is 11.8 Å². The number of aromatic nitrogens is 2. The first-order valence-electron chi connectivity index (χ1n) is 6.64. The van der Waals surface area contributed by atoms with Gasteiger partial charge in [-0.25, -0.2) is 9.18 Å². The number of hydrogen-bond acceptors (Lipinski definition) is 4. The molecule has 0 saturated carbocycles. The molecule has 0 atom stereocenters. The van der Waals surface area contributed by atoms with Gasteiger partial charge < -0.3 is 15.4 Å². The van der Waals surface area contributed by atoms with Crippen LogP contribution in [0.3, 0.4) is 0 Å². The summed E-state index contributed by atoms with van der Waals surface area (Å²) in [6, 6.07) is 4.23. The van der Waals surface area contributed by atoms with Gasteiger partial charge in [-0.1, -0.05) is 6.07 Å². The zero-order valence-corrected chi connectivity index (χ0v) is 12.8. The van der Waals surface area contributed by atoms with E-state index in [0.29, 0.717) is 28.3 Å². The zero-order chi connectivity index (χ0) is 16.3. The van der Waals surface area contributed by atoms with Gasteiger partial charge >= 0.3 is 12.0 Å². The molecule has 0 aliphatic heterocycles. The smallest absolute Gasteiger partial charge is 0.323 e. The molecule has 1 aromatic heterocycles. The Morgan fingerprint density at radius 2 is 1.77 bits per heavy atom. The Morgan fingerprint density at radius 3 is 2.32 bits per heavy atom. The van der Waals surface area contributed by atoms with Gasteiger partial charge in [0.2, 0.25) is 0 Å². The molecule has 2 N–H and O–H groups in total. The van der Waals surface area contributed by atoms with Gasteiger partial charge in [-0.15, -0.1) is 0 Å². The van der Waals surface area contributed by atoms with Crippen molar-refractivity contribution >= 4 is 17.4 Å². The highest BCUT2D eigenvalue weighted by atomic mass is 19.1. The normalized spacial score (nSPS) is 10.2. The monoisotopic (exact) mass is 304 g/mol. The van der Waals surface area contributed by atoms with E-state index in [1.807, 2.05) is 0 Å². The van der Waals surface area contributed by atoms with Crippen LogP contribution < -0.4 is 15.4 Å². The molecule has 0 aliphatic rings. The minimum Gasteiger partial charge on any atom is -0.467 e. The van der Waals surface area contributed by atoms with E-state index in [1.165, 1.54) is 13.2 Å². The van der Waals surface area contributed by atoms with Crippen molar-refractivity contribution in [3.05, 3.63) is 41.0 Å². The first-order valence-corrected chi connectivity index (χ1v) is 6.64. The SMILES string of the molecule is COc1nc(C)c(NC(=O)Nc2ccc(C)c(F)c2)c(C)n1. The van der Waals surface area contributed by atoms with E-state index < -0.39 is 6.03 Å². The van der Waals surface area contributed by atoms with Gasteiger partial charge in [0.15, 0.2) is 0 Å². The van der Waals surface area contributed by atoms with Gasteiger partial charge in [0, 0.05) is 5.69 Å². The van der Waals surface area contributed by atoms with Crippen molar-refractivity contribution in [3.8, 4) is 6.01 Å². The number of amides is 2. The highest BCUT2D eigenvalue weighted by Gasteiger charge is 2.12. The molecule has 0 aliphatic carbocycles. The maximum atomic E-state index is 13.5. The lowest BCUT2D eigenvalue weighted by molar-refractivity contribution is 0.262. The Labute approximate surface area is 127 Å². The Bertz CT molecular complexity index is 696. The van der Waals surface area contributed by atoms with Crippen LogP contribution in [0.25, 0.3) is 0 Å². The van der Waals surface area contributed by atoms with Crippen molar-refractivity contribution in [1.82, 2.24) is 9.97 Å². The molecule has 2 aromatic rings. The average Bonchev–Trinajstić information content (AvgIpc) is 2.46. The molecule has 1 aromatic carbocycles. The molecule has 0 fully saturated rings. The number of anilines is 2. The summed E-state index contributed by atoms with van der Waals surface area (Å²) in [5.74, 6) is -0.377. The molecule has 6 nitrogen and oxygen atoms in total. The van der Waals surface area contributed by atoms with E-state index in [2.05, 4.69) is 20.6 Å². The molecule has 2 rings (SSSR count). The van der Waals surface area contributed by atoms with E-state index in [4.69, 9.17) is 4.74 Å². The molecule has 116 valence electrons. The van der Waals surface area contributed by atoms with Crippen LogP contribution >= 0.6 is 0 Å². The summed E-state index contributed by atoms with van der Waals surface area (Å²) < 4.78 is 18.4. The number of halogens is 1. The van der Waals surface area contributed by atoms with Crippen LogP contribution in [0, 0.1) is 26.6 Å². The number of benzene rings is 1. The quantitative estimate of drug-likeness (QED) is 0.913. The third-order valence-corrected chi connectivity index (χ3v) is 3.10. The van der Waals surface area contributed by atoms with Crippen LogP contribution in [0.2, 0.25) is 0 Å². The molecular formula is C15H17FN4O2. The lowest BCUT2D eigenvalue weighted by Crippen LogP contribution is -2.21. The first-order chi connectivity index (χ1) is 10.4. The summed E-state index contributed by atoms with van der Waals surface area (Å²) in [6.45, 7) is 5.12. The van der Waals surface area contributed by atoms with Crippen LogP contribution in [0.15, 0.2) is 18.2 Å². The van der Waals surface area contributed by atoms with Crippen LogP contribution in [0.4, 0.5) is 20.6 Å². The number of carbonyl (C=O) groups is 1. The first kappa shape index (κ1) is 15.7. The van der Waals surface area contributed by atoms with E-state index >= 15 is 0 Å². The van der Waals surface area contributed by atoms with Crippen molar-refractivity contribution in [2.24, 2.45) is 0 Å². The maximum absolute atomic E-state index is 13.5. The Hall–Kier alpha value is -2.70. The molecular weight excluding hydrogens is 287 g/mol. The Kier molecular flexibility index (Phi) is 4.55. The summed E-state index contributed by atoms with van der Waals surface area (Å²) in [5, 5.41) is 5.22. The summed E-state index contributed by atoms with van der Waals surface area (Å²) in [7, 11) is 1.47. The second-order valence-electron chi connectivity index (χ2n) is 4.80. The van der Waals surface area contributed by atoms with E-state index in [1.54, 1.807) is 32.9 Å². The average molecular weight is 304 g/mol. The van der Waals surface area contributed by atoms with Crippen molar-refractivity contribution in [3.63, 3.8) is 0 Å². The molecule has 0 unspecified atom stereocenters. The number of nitrogens with one attached hydrogen (secondary N) is 2. The Balaban J connectivity index is 2.13. The standard InChI is InChI=1S/C15H17FN4O2/c1-8-5-6-11(7-12(8)16)19-14(21)20-13-9(2)17-15(22-4)18-10(13)3/h5-7H,1-4H3,(H2,19,20,21). The molecule has 0 bridgehead atoms. The fourth-order valence-corrected chi connectivity index (χ4v) is 1.90. The number of nitrogens with zero attached hydrogens (tertiary/aromatic N) is 2. The summed E-state index contributed by atoms with van der Waals surface area (Å²) in [5.41, 5.74) is 2.53. The largest absolute Gasteiger partial charge is 0.467 e. The number of carbonyl (C=O) groups excluding carboxylic acids is 1. The molecule has 22 heavy (non-hydrogen) atoms. The molecule has 0 spiro atoms. The van der Waals surface area contributed by atoms with Crippen LogP contribution in [0.5, 0.6) is 6.01 Å². The van der Waals surface area contributed by atoms with Crippen LogP contribution in [0.1, 0.15) is 17.0 Å². The van der Waals surface area contributed by atoms with Crippen LogP contribution in [-0.4, -0.2) is 23.1 Å². The highest BCUT2D eigenvalue weighted by Crippen LogP contribution is 2.20. The number of urea groups is 1. The number of aryl methyl sites for hydroxylation is 3. The van der Waals surface area contributed by atoms with Crippen LogP contribution in [-0.2, 0) is 0 Å². The van der Waals surface area contributed by atoms with Gasteiger partial charge in [-0.2, -0.15) is 9.97 Å². The third-order valence-electron chi connectivity index (χ3n) is 3.10. The third kappa shape index (κ3) is 3.49. The highest BCUT2D eigenvalue weighted by molar-refractivity contribution is 6.00. The number of rotatable bonds is 3. The number of ether oxygens (including phenoxy) is 1. The zero-order valence-electron chi connectivity index (χ0n) is 12.8.